The number of anilines is 1. The summed E-state index contributed by atoms with van der Waals surface area (Å²) in [7, 11) is 0. The van der Waals surface area contributed by atoms with Crippen molar-refractivity contribution in [2.75, 3.05) is 5.73 Å². The average Bonchev–Trinajstić information content (AvgIpc) is 2.34. The van der Waals surface area contributed by atoms with Crippen LogP contribution >= 0.6 is 11.8 Å². The summed E-state index contributed by atoms with van der Waals surface area (Å²) in [5.41, 5.74) is 14.8. The largest absolute Gasteiger partial charge is 0.398 e. The highest BCUT2D eigenvalue weighted by atomic mass is 32.2. The molecule has 0 saturated carbocycles. The zero-order chi connectivity index (χ0) is 14.0. The lowest BCUT2D eigenvalue weighted by Crippen LogP contribution is -2.11. The molecule has 0 spiro atoms. The van der Waals surface area contributed by atoms with Crippen molar-refractivity contribution < 1.29 is 4.79 Å². The first kappa shape index (κ1) is 13.5. The molecule has 4 heteroatoms. The Bertz CT molecular complexity index is 638. The lowest BCUT2D eigenvalue weighted by Gasteiger charge is -2.09. The Kier molecular flexibility index (Phi) is 3.81. The summed E-state index contributed by atoms with van der Waals surface area (Å²) < 4.78 is 0. The monoisotopic (exact) mass is 272 g/mol. The number of primary amides is 1. The Hall–Kier alpha value is -1.94. The van der Waals surface area contributed by atoms with E-state index in [-0.39, 0.29) is 0 Å². The molecule has 0 bridgehead atoms. The molecule has 0 aromatic heterocycles. The Labute approximate surface area is 117 Å². The van der Waals surface area contributed by atoms with Crippen molar-refractivity contribution in [1.29, 1.82) is 0 Å². The summed E-state index contributed by atoms with van der Waals surface area (Å²) in [5.74, 6) is -0.442. The molecule has 0 aliphatic rings. The molecule has 0 aliphatic carbocycles. The van der Waals surface area contributed by atoms with Crippen molar-refractivity contribution in [3.8, 4) is 0 Å². The van der Waals surface area contributed by atoms with Crippen LogP contribution in [0.1, 0.15) is 21.5 Å². The molecule has 3 nitrogen and oxygen atoms in total. The SMILES string of the molecule is Cc1ccc(Sc2cc(C(N)=O)ccc2N)c(C)c1. The molecule has 0 aliphatic heterocycles. The van der Waals surface area contributed by atoms with Gasteiger partial charge in [-0.05, 0) is 43.7 Å². The fraction of sp³-hybridized carbons (Fsp3) is 0.133. The number of benzene rings is 2. The van der Waals surface area contributed by atoms with Crippen LogP contribution in [0.4, 0.5) is 5.69 Å². The quantitative estimate of drug-likeness (QED) is 0.843. The molecule has 2 aromatic carbocycles. The van der Waals surface area contributed by atoms with Gasteiger partial charge in [-0.25, -0.2) is 0 Å². The smallest absolute Gasteiger partial charge is 0.248 e. The summed E-state index contributed by atoms with van der Waals surface area (Å²) in [5, 5.41) is 0. The van der Waals surface area contributed by atoms with E-state index in [1.165, 1.54) is 11.1 Å². The second-order valence-electron chi connectivity index (χ2n) is 4.49. The number of nitrogen functional groups attached to an aromatic ring is 1. The molecule has 19 heavy (non-hydrogen) atoms. The van der Waals surface area contributed by atoms with Gasteiger partial charge in [0.1, 0.15) is 0 Å². The van der Waals surface area contributed by atoms with Crippen LogP contribution in [-0.2, 0) is 0 Å². The molecule has 1 amide bonds. The highest BCUT2D eigenvalue weighted by Gasteiger charge is 2.08. The minimum atomic E-state index is -0.442. The van der Waals surface area contributed by atoms with Gasteiger partial charge in [-0.2, -0.15) is 0 Å². The van der Waals surface area contributed by atoms with Crippen LogP contribution in [-0.4, -0.2) is 5.91 Å². The van der Waals surface area contributed by atoms with Crippen molar-refractivity contribution >= 4 is 23.4 Å². The van der Waals surface area contributed by atoms with Crippen molar-refractivity contribution in [1.82, 2.24) is 0 Å². The maximum Gasteiger partial charge on any atom is 0.248 e. The van der Waals surface area contributed by atoms with Gasteiger partial charge in [-0.1, -0.05) is 29.5 Å². The molecule has 0 radical (unpaired) electrons. The zero-order valence-corrected chi connectivity index (χ0v) is 11.8. The van der Waals surface area contributed by atoms with Crippen LogP contribution in [0, 0.1) is 13.8 Å². The maximum atomic E-state index is 11.2. The number of aryl methyl sites for hydroxylation is 2. The molecule has 2 aromatic rings. The zero-order valence-electron chi connectivity index (χ0n) is 10.9. The third-order valence-electron chi connectivity index (χ3n) is 2.85. The van der Waals surface area contributed by atoms with E-state index < -0.39 is 5.91 Å². The summed E-state index contributed by atoms with van der Waals surface area (Å²) in [4.78, 5) is 13.2. The van der Waals surface area contributed by atoms with Gasteiger partial charge in [0.05, 0.1) is 0 Å². The van der Waals surface area contributed by atoms with Crippen molar-refractivity contribution in [3.63, 3.8) is 0 Å². The van der Waals surface area contributed by atoms with Crippen LogP contribution in [0.15, 0.2) is 46.2 Å². The van der Waals surface area contributed by atoms with Gasteiger partial charge in [0.2, 0.25) is 5.91 Å². The van der Waals surface area contributed by atoms with E-state index in [4.69, 9.17) is 11.5 Å². The number of hydrogen-bond acceptors (Lipinski definition) is 3. The Morgan fingerprint density at radius 1 is 1.05 bits per heavy atom. The summed E-state index contributed by atoms with van der Waals surface area (Å²) in [6, 6.07) is 11.3. The molecule has 0 heterocycles. The van der Waals surface area contributed by atoms with E-state index in [0.717, 1.165) is 9.79 Å². The molecular formula is C15H16N2OS. The molecule has 0 saturated heterocycles. The minimum absolute atomic E-state index is 0.442. The van der Waals surface area contributed by atoms with Crippen LogP contribution in [0.25, 0.3) is 0 Å². The molecule has 2 rings (SSSR count). The number of carbonyl (C=O) groups excluding carboxylic acids is 1. The van der Waals surface area contributed by atoms with Crippen LogP contribution in [0.2, 0.25) is 0 Å². The number of rotatable bonds is 3. The summed E-state index contributed by atoms with van der Waals surface area (Å²) >= 11 is 1.55. The fourth-order valence-corrected chi connectivity index (χ4v) is 2.77. The van der Waals surface area contributed by atoms with E-state index in [0.29, 0.717) is 11.3 Å². The normalized spacial score (nSPS) is 10.4. The van der Waals surface area contributed by atoms with E-state index in [9.17, 15) is 4.79 Å². The van der Waals surface area contributed by atoms with E-state index >= 15 is 0 Å². The number of hydrogen-bond donors (Lipinski definition) is 2. The number of amides is 1. The first-order chi connectivity index (χ1) is 8.97. The second kappa shape index (κ2) is 5.36. The summed E-state index contributed by atoms with van der Waals surface area (Å²) in [6.07, 6.45) is 0. The van der Waals surface area contributed by atoms with Crippen molar-refractivity contribution in [2.24, 2.45) is 5.73 Å². The van der Waals surface area contributed by atoms with E-state index in [2.05, 4.69) is 32.0 Å². The molecule has 0 fully saturated rings. The molecule has 0 atom stereocenters. The van der Waals surface area contributed by atoms with Gasteiger partial charge in [0.25, 0.3) is 0 Å². The fourth-order valence-electron chi connectivity index (χ4n) is 1.81. The van der Waals surface area contributed by atoms with Gasteiger partial charge >= 0.3 is 0 Å². The molecule has 98 valence electrons. The predicted molar refractivity (Wildman–Crippen MR) is 79.4 cm³/mol. The van der Waals surface area contributed by atoms with Gasteiger partial charge in [-0.15, -0.1) is 0 Å². The van der Waals surface area contributed by atoms with E-state index in [1.807, 2.05) is 0 Å². The van der Waals surface area contributed by atoms with E-state index in [1.54, 1.807) is 30.0 Å². The van der Waals surface area contributed by atoms with Crippen LogP contribution in [0.3, 0.4) is 0 Å². The average molecular weight is 272 g/mol. The lowest BCUT2D eigenvalue weighted by atomic mass is 10.2. The molecular weight excluding hydrogens is 256 g/mol. The van der Waals surface area contributed by atoms with Crippen LogP contribution < -0.4 is 11.5 Å². The number of nitrogens with two attached hydrogens (primary N) is 2. The van der Waals surface area contributed by atoms with Crippen molar-refractivity contribution in [2.45, 2.75) is 23.6 Å². The standard InChI is InChI=1S/C15H16N2OS/c1-9-3-6-13(10(2)7-9)19-14-8-11(15(17)18)4-5-12(14)16/h3-8H,16H2,1-2H3,(H2,17,18). The highest BCUT2D eigenvalue weighted by Crippen LogP contribution is 2.34. The Balaban J connectivity index is 2.37. The molecule has 0 unspecified atom stereocenters. The van der Waals surface area contributed by atoms with Crippen LogP contribution in [0.5, 0.6) is 0 Å². The highest BCUT2D eigenvalue weighted by molar-refractivity contribution is 7.99. The number of carbonyl (C=O) groups is 1. The first-order valence-electron chi connectivity index (χ1n) is 5.92. The Morgan fingerprint density at radius 2 is 1.79 bits per heavy atom. The van der Waals surface area contributed by atoms with Gasteiger partial charge in [0, 0.05) is 21.0 Å². The van der Waals surface area contributed by atoms with Gasteiger partial charge in [-0.3, -0.25) is 4.79 Å². The van der Waals surface area contributed by atoms with Gasteiger partial charge < -0.3 is 11.5 Å². The first-order valence-corrected chi connectivity index (χ1v) is 6.73. The third kappa shape index (κ3) is 3.09. The maximum absolute atomic E-state index is 11.2. The molecule has 4 N–H and O–H groups in total. The second-order valence-corrected chi connectivity index (χ2v) is 5.57. The Morgan fingerprint density at radius 3 is 2.42 bits per heavy atom. The third-order valence-corrected chi connectivity index (χ3v) is 4.10. The lowest BCUT2D eigenvalue weighted by molar-refractivity contribution is 0.1000. The predicted octanol–water partition coefficient (Wildman–Crippen LogP) is 3.14. The van der Waals surface area contributed by atoms with Gasteiger partial charge in [0.15, 0.2) is 0 Å². The summed E-state index contributed by atoms with van der Waals surface area (Å²) in [6.45, 7) is 4.12. The van der Waals surface area contributed by atoms with Crippen molar-refractivity contribution in [3.05, 3.63) is 53.1 Å². The minimum Gasteiger partial charge on any atom is -0.398 e. The topological polar surface area (TPSA) is 69.1 Å².